The van der Waals surface area contributed by atoms with Crippen LogP contribution in [0.1, 0.15) is 57.9 Å². The van der Waals surface area contributed by atoms with Crippen molar-refractivity contribution in [3.8, 4) is 16.9 Å². The van der Waals surface area contributed by atoms with Crippen LogP contribution in [0.4, 0.5) is 10.5 Å². The summed E-state index contributed by atoms with van der Waals surface area (Å²) in [5.74, 6) is -0.276. The van der Waals surface area contributed by atoms with Crippen LogP contribution in [0.3, 0.4) is 0 Å². The molecule has 0 aliphatic carbocycles. The molecule has 2 N–H and O–H groups in total. The van der Waals surface area contributed by atoms with Gasteiger partial charge in [0.05, 0.1) is 12.3 Å². The fourth-order valence-electron chi connectivity index (χ4n) is 3.70. The number of anilines is 1. The quantitative estimate of drug-likeness (QED) is 0.381. The van der Waals surface area contributed by atoms with Crippen LogP contribution in [-0.4, -0.2) is 37.3 Å². The van der Waals surface area contributed by atoms with Gasteiger partial charge in [-0.1, -0.05) is 75.1 Å². The van der Waals surface area contributed by atoms with Crippen LogP contribution in [-0.2, 0) is 11.2 Å². The molecule has 2 rings (SSSR count). The molecule has 0 spiro atoms. The van der Waals surface area contributed by atoms with E-state index in [-0.39, 0.29) is 12.5 Å². The molecule has 6 heteroatoms. The van der Waals surface area contributed by atoms with E-state index in [0.29, 0.717) is 31.0 Å². The number of carbonyl (C=O) groups excluding carboxylic acids is 1. The summed E-state index contributed by atoms with van der Waals surface area (Å²) in [6.07, 6.45) is 5.90. The standard InChI is InChI=1S/C26H36N2O4/c1-4-6-7-8-12-19-27-26(31)28(3)24-21(16-18-23(29)30)15-17-22(25(24)32-5-2)20-13-10-9-11-14-20/h9-11,13-15,17H,4-8,12,16,18-19H2,1-3H3,(H,27,31)(H,29,30). The first-order chi connectivity index (χ1) is 15.5. The Kier molecular flexibility index (Phi) is 10.6. The number of nitrogens with zero attached hydrogens (tertiary/aromatic N) is 1. The minimum atomic E-state index is -0.875. The van der Waals surface area contributed by atoms with E-state index in [4.69, 9.17) is 4.74 Å². The molecule has 0 aromatic heterocycles. The average molecular weight is 441 g/mol. The average Bonchev–Trinajstić information content (AvgIpc) is 2.80. The second-order valence-electron chi connectivity index (χ2n) is 7.85. The minimum absolute atomic E-state index is 0.0177. The number of rotatable bonds is 13. The Morgan fingerprint density at radius 1 is 1.00 bits per heavy atom. The maximum absolute atomic E-state index is 13.0. The van der Waals surface area contributed by atoms with Gasteiger partial charge in [0, 0.05) is 25.6 Å². The van der Waals surface area contributed by atoms with Gasteiger partial charge >= 0.3 is 12.0 Å². The molecule has 174 valence electrons. The van der Waals surface area contributed by atoms with Crippen molar-refractivity contribution in [2.24, 2.45) is 0 Å². The predicted octanol–water partition coefficient (Wildman–Crippen LogP) is 5.89. The summed E-state index contributed by atoms with van der Waals surface area (Å²) in [5, 5.41) is 12.2. The maximum atomic E-state index is 13.0. The third kappa shape index (κ3) is 7.29. The molecule has 2 amide bonds. The fourth-order valence-corrected chi connectivity index (χ4v) is 3.70. The van der Waals surface area contributed by atoms with E-state index in [2.05, 4.69) is 12.2 Å². The molecule has 0 aliphatic heterocycles. The molecule has 0 aliphatic rings. The van der Waals surface area contributed by atoms with Crippen LogP contribution in [0.2, 0.25) is 0 Å². The summed E-state index contributed by atoms with van der Waals surface area (Å²) in [4.78, 5) is 25.7. The van der Waals surface area contributed by atoms with Gasteiger partial charge in [0.15, 0.2) is 5.75 Å². The SMILES string of the molecule is CCCCCCCNC(=O)N(C)c1c(CCC(=O)O)ccc(-c2ccccc2)c1OCC. The molecule has 0 unspecified atom stereocenters. The highest BCUT2D eigenvalue weighted by Gasteiger charge is 2.23. The molecule has 0 fully saturated rings. The first-order valence-corrected chi connectivity index (χ1v) is 11.6. The summed E-state index contributed by atoms with van der Waals surface area (Å²) < 4.78 is 6.04. The lowest BCUT2D eigenvalue weighted by Crippen LogP contribution is -2.38. The minimum Gasteiger partial charge on any atom is -0.491 e. The van der Waals surface area contributed by atoms with Gasteiger partial charge < -0.3 is 15.2 Å². The summed E-state index contributed by atoms with van der Waals surface area (Å²) >= 11 is 0. The van der Waals surface area contributed by atoms with E-state index < -0.39 is 5.97 Å². The number of nitrogens with one attached hydrogen (secondary N) is 1. The number of aryl methyl sites for hydroxylation is 1. The lowest BCUT2D eigenvalue weighted by Gasteiger charge is -2.26. The number of carbonyl (C=O) groups is 2. The van der Waals surface area contributed by atoms with Gasteiger partial charge in [0.1, 0.15) is 0 Å². The number of hydrogen-bond donors (Lipinski definition) is 2. The third-order valence-electron chi connectivity index (χ3n) is 5.39. The number of unbranched alkanes of at least 4 members (excludes halogenated alkanes) is 4. The molecule has 0 bridgehead atoms. The lowest BCUT2D eigenvalue weighted by atomic mass is 9.98. The summed E-state index contributed by atoms with van der Waals surface area (Å²) in [6.45, 7) is 5.12. The maximum Gasteiger partial charge on any atom is 0.321 e. The third-order valence-corrected chi connectivity index (χ3v) is 5.39. The second kappa shape index (κ2) is 13.4. The number of hydrogen-bond acceptors (Lipinski definition) is 3. The zero-order valence-corrected chi connectivity index (χ0v) is 19.5. The topological polar surface area (TPSA) is 78.9 Å². The van der Waals surface area contributed by atoms with Crippen molar-refractivity contribution in [1.82, 2.24) is 5.32 Å². The smallest absolute Gasteiger partial charge is 0.321 e. The van der Waals surface area contributed by atoms with Gasteiger partial charge in [0.2, 0.25) is 0 Å². The number of benzene rings is 2. The number of amides is 2. The number of ether oxygens (including phenoxy) is 1. The molecule has 0 saturated carbocycles. The van der Waals surface area contributed by atoms with Crippen molar-refractivity contribution >= 4 is 17.7 Å². The second-order valence-corrected chi connectivity index (χ2v) is 7.85. The Morgan fingerprint density at radius 3 is 2.38 bits per heavy atom. The summed E-state index contributed by atoms with van der Waals surface area (Å²) in [7, 11) is 1.71. The lowest BCUT2D eigenvalue weighted by molar-refractivity contribution is -0.136. The molecule has 0 saturated heterocycles. The molecule has 0 atom stereocenters. The van der Waals surface area contributed by atoms with Gasteiger partial charge in [-0.2, -0.15) is 0 Å². The van der Waals surface area contributed by atoms with Gasteiger partial charge in [-0.25, -0.2) is 4.79 Å². The molecular formula is C26H36N2O4. The first kappa shape index (κ1) is 25.2. The van der Waals surface area contributed by atoms with Crippen LogP contribution in [0.25, 0.3) is 11.1 Å². The van der Waals surface area contributed by atoms with Crippen molar-refractivity contribution in [3.63, 3.8) is 0 Å². The van der Waals surface area contributed by atoms with E-state index in [1.54, 1.807) is 11.9 Å². The number of urea groups is 1. The van der Waals surface area contributed by atoms with Crippen molar-refractivity contribution in [2.75, 3.05) is 25.1 Å². The van der Waals surface area contributed by atoms with Crippen LogP contribution in [0, 0.1) is 0 Å². The zero-order chi connectivity index (χ0) is 23.3. The Labute approximate surface area is 191 Å². The summed E-state index contributed by atoms with van der Waals surface area (Å²) in [6, 6.07) is 13.5. The van der Waals surface area contributed by atoms with Gasteiger partial charge in [-0.3, -0.25) is 9.69 Å². The Hall–Kier alpha value is -3.02. The van der Waals surface area contributed by atoms with Gasteiger partial charge in [-0.05, 0) is 30.9 Å². The van der Waals surface area contributed by atoms with Crippen molar-refractivity contribution in [3.05, 3.63) is 48.0 Å². The molecule has 2 aromatic rings. The molecule has 2 aromatic carbocycles. The van der Waals surface area contributed by atoms with Crippen molar-refractivity contribution in [2.45, 2.75) is 58.8 Å². The van der Waals surface area contributed by atoms with Crippen LogP contribution < -0.4 is 15.0 Å². The molecule has 32 heavy (non-hydrogen) atoms. The Balaban J connectivity index is 2.34. The van der Waals surface area contributed by atoms with Crippen LogP contribution in [0.15, 0.2) is 42.5 Å². The number of aliphatic carboxylic acids is 1. The van der Waals surface area contributed by atoms with Gasteiger partial charge in [0.25, 0.3) is 0 Å². The Morgan fingerprint density at radius 2 is 1.72 bits per heavy atom. The predicted molar refractivity (Wildman–Crippen MR) is 130 cm³/mol. The van der Waals surface area contributed by atoms with E-state index in [1.807, 2.05) is 49.4 Å². The first-order valence-electron chi connectivity index (χ1n) is 11.6. The fraction of sp³-hybridized carbons (Fsp3) is 0.462. The number of carboxylic acids is 1. The molecule has 0 radical (unpaired) electrons. The summed E-state index contributed by atoms with van der Waals surface area (Å²) in [5.41, 5.74) is 3.25. The van der Waals surface area contributed by atoms with E-state index >= 15 is 0 Å². The largest absolute Gasteiger partial charge is 0.491 e. The zero-order valence-electron chi connectivity index (χ0n) is 19.5. The van der Waals surface area contributed by atoms with E-state index in [9.17, 15) is 14.7 Å². The molecule has 0 heterocycles. The highest BCUT2D eigenvalue weighted by atomic mass is 16.5. The van der Waals surface area contributed by atoms with E-state index in [0.717, 1.165) is 29.5 Å². The van der Waals surface area contributed by atoms with Crippen molar-refractivity contribution in [1.29, 1.82) is 0 Å². The highest BCUT2D eigenvalue weighted by molar-refractivity contribution is 5.96. The van der Waals surface area contributed by atoms with Crippen LogP contribution in [0.5, 0.6) is 5.75 Å². The normalized spacial score (nSPS) is 10.6. The molecule has 6 nitrogen and oxygen atoms in total. The van der Waals surface area contributed by atoms with Crippen molar-refractivity contribution < 1.29 is 19.4 Å². The monoisotopic (exact) mass is 440 g/mol. The highest BCUT2D eigenvalue weighted by Crippen LogP contribution is 2.41. The Bertz CT molecular complexity index is 868. The van der Waals surface area contributed by atoms with Gasteiger partial charge in [-0.15, -0.1) is 0 Å². The number of carboxylic acid groups (broad SMARTS) is 1. The van der Waals surface area contributed by atoms with Crippen LogP contribution >= 0.6 is 0 Å². The van der Waals surface area contributed by atoms with E-state index in [1.165, 1.54) is 19.3 Å². The molecular weight excluding hydrogens is 404 g/mol.